The van der Waals surface area contributed by atoms with Crippen molar-refractivity contribution in [2.45, 2.75) is 48.0 Å². The Balaban J connectivity index is 0.000000215. The zero-order chi connectivity index (χ0) is 27.4. The van der Waals surface area contributed by atoms with Gasteiger partial charge in [0, 0.05) is 26.2 Å². The van der Waals surface area contributed by atoms with Gasteiger partial charge in [-0.15, -0.1) is 0 Å². The molecule has 1 unspecified atom stereocenters. The van der Waals surface area contributed by atoms with Crippen LogP contribution in [0, 0.1) is 13.8 Å². The number of oxazole rings is 2. The highest BCUT2D eigenvalue weighted by Gasteiger charge is 2.27. The fourth-order valence-corrected chi connectivity index (χ4v) is 4.62. The van der Waals surface area contributed by atoms with Crippen LogP contribution < -0.4 is 0 Å². The number of hydrogen-bond donors (Lipinski definition) is 0. The smallest absolute Gasteiger partial charge is 0.234 e. The number of amides is 2. The molecule has 6 rings (SSSR count). The molecule has 2 fully saturated rings. The van der Waals surface area contributed by atoms with E-state index < -0.39 is 0 Å². The van der Waals surface area contributed by atoms with Crippen molar-refractivity contribution in [2.24, 2.45) is 0 Å². The maximum atomic E-state index is 12.4. The second kappa shape index (κ2) is 14.2. The van der Waals surface area contributed by atoms with Gasteiger partial charge in [-0.05, 0) is 56.2 Å². The maximum Gasteiger partial charge on any atom is 0.234 e. The predicted molar refractivity (Wildman–Crippen MR) is 158 cm³/mol. The number of carbonyl (C=O) groups excluding carboxylic acids is 2. The lowest BCUT2D eigenvalue weighted by molar-refractivity contribution is -0.137. The SMILES string of the molecule is C.C.Cc1ccc2oc(C(C)C(=O)N3CCOCC3)nc2c1.Cc1ccc2oc(CC(=O)N3CCOCC3)nc2c1. The number of ether oxygens (including phenoxy) is 2. The first-order valence-corrected chi connectivity index (χ1v) is 13.3. The molecule has 2 aromatic heterocycles. The van der Waals surface area contributed by atoms with E-state index in [1.807, 2.05) is 62.1 Å². The summed E-state index contributed by atoms with van der Waals surface area (Å²) >= 11 is 0. The standard InChI is InChI=1S/C15H18N2O3.C14H16N2O3.2CH4/c1-10-3-4-13-12(9-10)16-14(20-13)11(2)15(18)17-5-7-19-8-6-17;1-10-2-3-12-11(8-10)15-13(19-12)9-14(17)16-4-6-18-7-5-16;;/h3-4,9,11H,5-8H2,1-2H3;2-3,8H,4-7,9H2,1H3;2*1H4. The summed E-state index contributed by atoms with van der Waals surface area (Å²) in [7, 11) is 0. The van der Waals surface area contributed by atoms with Gasteiger partial charge in [0.15, 0.2) is 11.2 Å². The van der Waals surface area contributed by atoms with Crippen LogP contribution in [0.2, 0.25) is 0 Å². The third-order valence-corrected chi connectivity index (χ3v) is 6.88. The zero-order valence-electron chi connectivity index (χ0n) is 22.6. The normalized spacial score (nSPS) is 15.9. The summed E-state index contributed by atoms with van der Waals surface area (Å²) in [6.07, 6.45) is 0.216. The Bertz CT molecular complexity index is 1450. The molecule has 0 N–H and O–H groups in total. The van der Waals surface area contributed by atoms with E-state index in [4.69, 9.17) is 18.3 Å². The topological polar surface area (TPSA) is 111 Å². The molecule has 0 bridgehead atoms. The Morgan fingerprint density at radius 2 is 1.29 bits per heavy atom. The monoisotopic (exact) mass is 566 g/mol. The fourth-order valence-electron chi connectivity index (χ4n) is 4.62. The van der Waals surface area contributed by atoms with Crippen molar-refractivity contribution in [3.8, 4) is 0 Å². The van der Waals surface area contributed by atoms with E-state index in [0.717, 1.165) is 33.3 Å². The van der Waals surface area contributed by atoms with Crippen LogP contribution >= 0.6 is 0 Å². The van der Waals surface area contributed by atoms with Gasteiger partial charge >= 0.3 is 0 Å². The van der Waals surface area contributed by atoms with Gasteiger partial charge < -0.3 is 28.1 Å². The molecule has 10 heteroatoms. The van der Waals surface area contributed by atoms with E-state index in [1.165, 1.54) is 0 Å². The van der Waals surface area contributed by atoms with Gasteiger partial charge in [0.25, 0.3) is 0 Å². The average molecular weight is 567 g/mol. The first kappa shape index (κ1) is 31.8. The number of benzene rings is 2. The van der Waals surface area contributed by atoms with Crippen molar-refractivity contribution in [1.29, 1.82) is 0 Å². The molecule has 2 aromatic carbocycles. The first-order chi connectivity index (χ1) is 18.9. The van der Waals surface area contributed by atoms with Crippen molar-refractivity contribution in [1.82, 2.24) is 19.8 Å². The largest absolute Gasteiger partial charge is 0.440 e. The third kappa shape index (κ3) is 7.71. The molecule has 2 amide bonds. The molecule has 0 spiro atoms. The minimum Gasteiger partial charge on any atom is -0.440 e. The molecule has 0 radical (unpaired) electrons. The Labute approximate surface area is 241 Å². The maximum absolute atomic E-state index is 12.4. The lowest BCUT2D eigenvalue weighted by Crippen LogP contribution is -2.42. The molecule has 10 nitrogen and oxygen atoms in total. The van der Waals surface area contributed by atoms with Crippen molar-refractivity contribution in [3.63, 3.8) is 0 Å². The molecule has 1 atom stereocenters. The van der Waals surface area contributed by atoms with Crippen LogP contribution in [0.3, 0.4) is 0 Å². The molecule has 0 aliphatic carbocycles. The minimum absolute atomic E-state index is 0. The number of carbonyl (C=O) groups is 2. The van der Waals surface area contributed by atoms with E-state index in [1.54, 1.807) is 4.90 Å². The number of nitrogens with zero attached hydrogens (tertiary/aromatic N) is 4. The molecule has 222 valence electrons. The van der Waals surface area contributed by atoms with Crippen LogP contribution in [0.1, 0.15) is 50.6 Å². The van der Waals surface area contributed by atoms with E-state index in [2.05, 4.69) is 9.97 Å². The quantitative estimate of drug-likeness (QED) is 0.343. The van der Waals surface area contributed by atoms with Gasteiger partial charge in [0.05, 0.1) is 26.4 Å². The van der Waals surface area contributed by atoms with Crippen molar-refractivity contribution in [3.05, 3.63) is 59.3 Å². The summed E-state index contributed by atoms with van der Waals surface area (Å²) < 4.78 is 21.8. The van der Waals surface area contributed by atoms with E-state index in [0.29, 0.717) is 64.4 Å². The highest BCUT2D eigenvalue weighted by Crippen LogP contribution is 2.24. The number of fused-ring (bicyclic) bond motifs is 2. The summed E-state index contributed by atoms with van der Waals surface area (Å²) in [5, 5.41) is 0. The Morgan fingerprint density at radius 1 is 0.780 bits per heavy atom. The molecule has 4 aromatic rings. The van der Waals surface area contributed by atoms with Gasteiger partial charge in [-0.1, -0.05) is 27.0 Å². The van der Waals surface area contributed by atoms with Crippen LogP contribution in [0.5, 0.6) is 0 Å². The molecular formula is C31H42N4O6. The summed E-state index contributed by atoms with van der Waals surface area (Å²) in [6.45, 7) is 10.9. The molecule has 2 saturated heterocycles. The highest BCUT2D eigenvalue weighted by atomic mass is 16.5. The summed E-state index contributed by atoms with van der Waals surface area (Å²) in [5.41, 5.74) is 5.34. The lowest BCUT2D eigenvalue weighted by Gasteiger charge is -2.28. The number of aryl methyl sites for hydroxylation is 2. The lowest BCUT2D eigenvalue weighted by atomic mass is 10.1. The van der Waals surface area contributed by atoms with Crippen LogP contribution in [0.25, 0.3) is 22.2 Å². The summed E-state index contributed by atoms with van der Waals surface area (Å²) in [4.78, 5) is 36.9. The molecule has 2 aliphatic heterocycles. The number of rotatable bonds is 4. The third-order valence-electron chi connectivity index (χ3n) is 6.88. The molecule has 4 heterocycles. The molecule has 41 heavy (non-hydrogen) atoms. The van der Waals surface area contributed by atoms with Crippen LogP contribution in [0.4, 0.5) is 0 Å². The van der Waals surface area contributed by atoms with Gasteiger partial charge in [-0.3, -0.25) is 9.59 Å². The summed E-state index contributed by atoms with van der Waals surface area (Å²) in [6, 6.07) is 11.7. The van der Waals surface area contributed by atoms with Crippen LogP contribution in [0.15, 0.2) is 45.2 Å². The highest BCUT2D eigenvalue weighted by molar-refractivity contribution is 5.83. The Hall–Kier alpha value is -3.76. The van der Waals surface area contributed by atoms with E-state index in [9.17, 15) is 9.59 Å². The number of morpholine rings is 2. The van der Waals surface area contributed by atoms with Gasteiger partial charge in [-0.25, -0.2) is 9.97 Å². The van der Waals surface area contributed by atoms with E-state index in [-0.39, 0.29) is 39.0 Å². The average Bonchev–Trinajstić information content (AvgIpc) is 3.56. The number of hydrogen-bond acceptors (Lipinski definition) is 8. The second-order valence-electron chi connectivity index (χ2n) is 9.93. The van der Waals surface area contributed by atoms with Crippen molar-refractivity contribution < 1.29 is 27.9 Å². The molecular weight excluding hydrogens is 524 g/mol. The van der Waals surface area contributed by atoms with Gasteiger partial charge in [-0.2, -0.15) is 0 Å². The minimum atomic E-state index is -0.360. The number of aromatic nitrogens is 2. The second-order valence-corrected chi connectivity index (χ2v) is 9.93. The Kier molecular flexibility index (Phi) is 11.0. The fraction of sp³-hybridized carbons (Fsp3) is 0.484. The van der Waals surface area contributed by atoms with Gasteiger partial charge in [0.2, 0.25) is 23.6 Å². The van der Waals surface area contributed by atoms with Crippen LogP contribution in [-0.4, -0.2) is 84.2 Å². The predicted octanol–water partition coefficient (Wildman–Crippen LogP) is 4.91. The summed E-state index contributed by atoms with van der Waals surface area (Å²) in [5.74, 6) is 0.711. The van der Waals surface area contributed by atoms with Crippen molar-refractivity contribution in [2.75, 3.05) is 52.6 Å². The van der Waals surface area contributed by atoms with Crippen molar-refractivity contribution >= 4 is 34.0 Å². The van der Waals surface area contributed by atoms with Gasteiger partial charge in [0.1, 0.15) is 23.4 Å². The molecule has 2 aliphatic rings. The van der Waals surface area contributed by atoms with E-state index >= 15 is 0 Å². The zero-order valence-corrected chi connectivity index (χ0v) is 22.6. The molecule has 0 saturated carbocycles. The Morgan fingerprint density at radius 3 is 1.88 bits per heavy atom. The van der Waals surface area contributed by atoms with Crippen LogP contribution in [-0.2, 0) is 25.5 Å². The first-order valence-electron chi connectivity index (χ1n) is 13.3.